The molecule has 7 amide bonds. The van der Waals surface area contributed by atoms with Gasteiger partial charge in [-0.1, -0.05) is 51.1 Å². The van der Waals surface area contributed by atoms with Crippen molar-refractivity contribution in [3.63, 3.8) is 0 Å². The average molecular weight is 790 g/mol. The van der Waals surface area contributed by atoms with Crippen molar-refractivity contribution in [1.82, 2.24) is 37.2 Å². The smallest absolute Gasteiger partial charge is 0.243 e. The van der Waals surface area contributed by atoms with Gasteiger partial charge in [-0.25, -0.2) is 0 Å². The van der Waals surface area contributed by atoms with Gasteiger partial charge in [0.25, 0.3) is 0 Å². The molecule has 0 saturated heterocycles. The first kappa shape index (κ1) is 49.0. The highest BCUT2D eigenvalue weighted by Gasteiger charge is 2.32. The molecule has 0 saturated carbocycles. The minimum atomic E-state index is -1.24. The van der Waals surface area contributed by atoms with E-state index in [2.05, 4.69) is 37.2 Å². The monoisotopic (exact) mass is 789 g/mol. The molecule has 0 radical (unpaired) electrons. The van der Waals surface area contributed by atoms with E-state index in [1.54, 1.807) is 30.3 Å². The Kier molecular flexibility index (Phi) is 24.1. The Morgan fingerprint density at radius 3 is 1.59 bits per heavy atom. The van der Waals surface area contributed by atoms with Gasteiger partial charge in [-0.2, -0.15) is 0 Å². The van der Waals surface area contributed by atoms with Gasteiger partial charge in [0.05, 0.1) is 12.6 Å². The molecule has 0 fully saturated rings. The van der Waals surface area contributed by atoms with Gasteiger partial charge in [-0.05, 0) is 76.2 Å². The Morgan fingerprint density at radius 1 is 0.589 bits per heavy atom. The first-order valence-corrected chi connectivity index (χ1v) is 19.1. The Hall–Kier alpha value is -4.98. The number of nitrogens with one attached hydrogen (secondary N) is 7. The van der Waals surface area contributed by atoms with Gasteiger partial charge >= 0.3 is 0 Å². The Balaban J connectivity index is 3.20. The van der Waals surface area contributed by atoms with E-state index in [0.717, 1.165) is 0 Å². The SMILES string of the molecule is CCCC(=O)NC(CCN)C(=O)NCC(=O)NC(CCN)C(=O)N[C@H](Cc1ccccc1)C(=O)NC(CC(C)C)C(=O)NC(CCN)C(=O)NC(C=O)CCN. The van der Waals surface area contributed by atoms with Gasteiger partial charge < -0.3 is 64.9 Å². The van der Waals surface area contributed by atoms with Gasteiger partial charge in [0.15, 0.2) is 0 Å². The molecule has 0 bridgehead atoms. The Labute approximate surface area is 328 Å². The van der Waals surface area contributed by atoms with Crippen LogP contribution >= 0.6 is 0 Å². The van der Waals surface area contributed by atoms with E-state index >= 15 is 0 Å². The van der Waals surface area contributed by atoms with E-state index in [1.807, 2.05) is 20.8 Å². The van der Waals surface area contributed by atoms with E-state index in [-0.39, 0.29) is 82.9 Å². The fraction of sp³-hybridized carbons (Fsp3) is 0.622. The maximum absolute atomic E-state index is 13.9. The van der Waals surface area contributed by atoms with Crippen molar-refractivity contribution in [1.29, 1.82) is 0 Å². The molecule has 15 N–H and O–H groups in total. The van der Waals surface area contributed by atoms with Crippen molar-refractivity contribution in [2.24, 2.45) is 28.9 Å². The average Bonchev–Trinajstić information content (AvgIpc) is 3.15. The predicted molar refractivity (Wildman–Crippen MR) is 210 cm³/mol. The second-order valence-electron chi connectivity index (χ2n) is 13.8. The number of hydrogen-bond donors (Lipinski definition) is 11. The molecule has 0 spiro atoms. The zero-order valence-corrected chi connectivity index (χ0v) is 32.8. The molecule has 314 valence electrons. The second kappa shape index (κ2) is 27.6. The first-order chi connectivity index (χ1) is 26.7. The molecule has 1 aromatic rings. The summed E-state index contributed by atoms with van der Waals surface area (Å²) in [6.45, 7) is 5.25. The second-order valence-corrected chi connectivity index (χ2v) is 13.8. The number of nitrogens with two attached hydrogens (primary N) is 4. The maximum atomic E-state index is 13.9. The maximum Gasteiger partial charge on any atom is 0.243 e. The van der Waals surface area contributed by atoms with Crippen LogP contribution in [-0.2, 0) is 44.8 Å². The lowest BCUT2D eigenvalue weighted by Crippen LogP contribution is -2.59. The number of hydrogen-bond acceptors (Lipinski definition) is 12. The molecule has 0 aliphatic rings. The van der Waals surface area contributed by atoms with E-state index in [9.17, 15) is 38.4 Å². The predicted octanol–water partition coefficient (Wildman–Crippen LogP) is -3.31. The molecule has 19 nitrogen and oxygen atoms in total. The third-order valence-electron chi connectivity index (χ3n) is 8.43. The lowest BCUT2D eigenvalue weighted by atomic mass is 10.00. The lowest BCUT2D eigenvalue weighted by Gasteiger charge is -2.27. The molecule has 1 rings (SSSR count). The Morgan fingerprint density at radius 2 is 1.05 bits per heavy atom. The highest BCUT2D eigenvalue weighted by Crippen LogP contribution is 2.10. The molecule has 0 heterocycles. The van der Waals surface area contributed by atoms with Gasteiger partial charge in [-0.15, -0.1) is 0 Å². The third kappa shape index (κ3) is 19.1. The van der Waals surface area contributed by atoms with E-state index < -0.39 is 78.2 Å². The van der Waals surface area contributed by atoms with Crippen molar-refractivity contribution >= 4 is 47.6 Å². The topological polar surface area (TPSA) is 325 Å². The van der Waals surface area contributed by atoms with Crippen LogP contribution in [0.1, 0.15) is 71.3 Å². The summed E-state index contributed by atoms with van der Waals surface area (Å²) < 4.78 is 0. The fourth-order valence-electron chi connectivity index (χ4n) is 5.55. The molecule has 0 aromatic heterocycles. The highest BCUT2D eigenvalue weighted by atomic mass is 16.2. The zero-order valence-electron chi connectivity index (χ0n) is 32.8. The largest absolute Gasteiger partial charge is 0.345 e. The van der Waals surface area contributed by atoms with E-state index in [0.29, 0.717) is 18.3 Å². The van der Waals surface area contributed by atoms with Crippen molar-refractivity contribution in [3.8, 4) is 0 Å². The van der Waals surface area contributed by atoms with Crippen LogP contribution in [0.3, 0.4) is 0 Å². The van der Waals surface area contributed by atoms with Gasteiger partial charge in [0.2, 0.25) is 41.4 Å². The lowest BCUT2D eigenvalue weighted by molar-refractivity contribution is -0.135. The van der Waals surface area contributed by atoms with E-state index in [1.165, 1.54) is 0 Å². The van der Waals surface area contributed by atoms with Crippen LogP contribution in [0.15, 0.2) is 30.3 Å². The minimum absolute atomic E-state index is 0.00644. The molecule has 19 heteroatoms. The van der Waals surface area contributed by atoms with Crippen LogP contribution in [0, 0.1) is 5.92 Å². The first-order valence-electron chi connectivity index (χ1n) is 19.1. The quantitative estimate of drug-likeness (QED) is 0.0372. The van der Waals surface area contributed by atoms with Crippen LogP contribution in [0.5, 0.6) is 0 Å². The van der Waals surface area contributed by atoms with Crippen molar-refractivity contribution < 1.29 is 38.4 Å². The molecule has 0 aliphatic heterocycles. The highest BCUT2D eigenvalue weighted by molar-refractivity contribution is 5.96. The summed E-state index contributed by atoms with van der Waals surface area (Å²) >= 11 is 0. The Bertz CT molecular complexity index is 1420. The van der Waals surface area contributed by atoms with Crippen LogP contribution in [0.4, 0.5) is 0 Å². The molecule has 0 aliphatic carbocycles. The molecular formula is C37H63N11O8. The van der Waals surface area contributed by atoms with Gasteiger partial charge in [0.1, 0.15) is 36.5 Å². The van der Waals surface area contributed by atoms with Crippen LogP contribution in [0.2, 0.25) is 0 Å². The summed E-state index contributed by atoms with van der Waals surface area (Å²) in [5.41, 5.74) is 23.3. The summed E-state index contributed by atoms with van der Waals surface area (Å²) in [5, 5.41) is 18.2. The number of carbonyl (C=O) groups is 8. The standard InChI is InChI=1S/C37H63N11O8/c1-4-8-31(50)44-26(12-16-39)33(52)42-21-32(51)45-27(13-17-40)35(54)48-30(20-24-9-6-5-7-10-24)37(56)47-29(19-23(2)3)36(55)46-28(14-18-41)34(53)43-25(22-49)11-15-38/h5-7,9-10,22-23,25-30H,4,8,11-21,38-41H2,1-3H3,(H,42,52)(H,43,53)(H,44,50)(H,45,51)(H,46,55)(H,47,56)(H,48,54)/t25?,26?,27?,28?,29?,30-/m1/s1. The number of aldehydes is 1. The summed E-state index contributed by atoms with van der Waals surface area (Å²) in [7, 11) is 0. The summed E-state index contributed by atoms with van der Waals surface area (Å²) in [6.07, 6.45) is 1.88. The molecule has 56 heavy (non-hydrogen) atoms. The molecule has 1 aromatic carbocycles. The van der Waals surface area contributed by atoms with Crippen molar-refractivity contribution in [2.75, 3.05) is 32.7 Å². The molecule has 6 atom stereocenters. The van der Waals surface area contributed by atoms with Gasteiger partial charge in [-0.3, -0.25) is 33.6 Å². The van der Waals surface area contributed by atoms with Crippen LogP contribution < -0.4 is 60.2 Å². The van der Waals surface area contributed by atoms with Crippen LogP contribution in [0.25, 0.3) is 0 Å². The number of amides is 7. The number of benzene rings is 1. The third-order valence-corrected chi connectivity index (χ3v) is 8.43. The minimum Gasteiger partial charge on any atom is -0.345 e. The van der Waals surface area contributed by atoms with E-state index in [4.69, 9.17) is 22.9 Å². The number of carbonyl (C=O) groups excluding carboxylic acids is 8. The molecular weight excluding hydrogens is 726 g/mol. The summed E-state index contributed by atoms with van der Waals surface area (Å²) in [6, 6.07) is 2.29. The molecule has 5 unspecified atom stereocenters. The van der Waals surface area contributed by atoms with Crippen molar-refractivity contribution in [2.45, 2.75) is 108 Å². The van der Waals surface area contributed by atoms with Gasteiger partial charge in [0, 0.05) is 12.8 Å². The summed E-state index contributed by atoms with van der Waals surface area (Å²) in [5.74, 6) is -4.56. The number of rotatable bonds is 28. The zero-order chi connectivity index (χ0) is 42.0. The van der Waals surface area contributed by atoms with Crippen molar-refractivity contribution in [3.05, 3.63) is 35.9 Å². The summed E-state index contributed by atoms with van der Waals surface area (Å²) in [4.78, 5) is 103. The van der Waals surface area contributed by atoms with Crippen LogP contribution in [-0.4, -0.2) is 117 Å². The fourth-order valence-corrected chi connectivity index (χ4v) is 5.55. The normalized spacial score (nSPS) is 14.1.